The zero-order valence-corrected chi connectivity index (χ0v) is 13.5. The molecule has 1 fully saturated rings. The Morgan fingerprint density at radius 3 is 2.95 bits per heavy atom. The molecule has 1 atom stereocenters. The normalized spacial score (nSPS) is 18.4. The average Bonchev–Trinajstić information content (AvgIpc) is 2.84. The number of carbonyl (C=O) groups is 1. The van der Waals surface area contributed by atoms with Gasteiger partial charge in [0.1, 0.15) is 12.4 Å². The van der Waals surface area contributed by atoms with Crippen molar-refractivity contribution in [1.82, 2.24) is 10.5 Å². The number of hydrogen-bond acceptors (Lipinski definition) is 5. The van der Waals surface area contributed by atoms with E-state index in [1.807, 2.05) is 13.8 Å². The predicted octanol–water partition coefficient (Wildman–Crippen LogP) is 1.93. The molecule has 1 aliphatic rings. The maximum absolute atomic E-state index is 11.7. The molecule has 2 rings (SSSR count). The van der Waals surface area contributed by atoms with E-state index >= 15 is 0 Å². The fourth-order valence-electron chi connectivity index (χ4n) is 2.62. The summed E-state index contributed by atoms with van der Waals surface area (Å²) in [4.78, 5) is 11.7. The smallest absolute Gasteiger partial charge is 0.245 e. The lowest BCUT2D eigenvalue weighted by molar-refractivity contribution is -0.127. The largest absolute Gasteiger partial charge is 0.376 e. The molecule has 0 aromatic carbocycles. The summed E-state index contributed by atoms with van der Waals surface area (Å²) in [6.07, 6.45) is 5.21. The maximum atomic E-state index is 11.7. The Morgan fingerprint density at radius 2 is 2.27 bits per heavy atom. The highest BCUT2D eigenvalue weighted by molar-refractivity contribution is 5.77. The van der Waals surface area contributed by atoms with Crippen molar-refractivity contribution in [3.8, 4) is 0 Å². The van der Waals surface area contributed by atoms with Crippen molar-refractivity contribution in [1.29, 1.82) is 0 Å². The lowest BCUT2D eigenvalue weighted by Gasteiger charge is -2.22. The van der Waals surface area contributed by atoms with Crippen LogP contribution in [0.2, 0.25) is 0 Å². The number of aryl methyl sites for hydroxylation is 2. The summed E-state index contributed by atoms with van der Waals surface area (Å²) >= 11 is 0. The van der Waals surface area contributed by atoms with Crippen molar-refractivity contribution in [3.05, 3.63) is 17.0 Å². The lowest BCUT2D eigenvalue weighted by Crippen LogP contribution is -2.31. The van der Waals surface area contributed by atoms with Crippen molar-refractivity contribution in [2.24, 2.45) is 0 Å². The van der Waals surface area contributed by atoms with Crippen LogP contribution >= 0.6 is 0 Å². The second-order valence-corrected chi connectivity index (χ2v) is 5.76. The molecule has 1 aromatic heterocycles. The number of rotatable bonds is 8. The summed E-state index contributed by atoms with van der Waals surface area (Å²) < 4.78 is 16.1. The first-order valence-corrected chi connectivity index (χ1v) is 8.04. The van der Waals surface area contributed by atoms with Gasteiger partial charge in [0.25, 0.3) is 0 Å². The number of hydrogen-bond donors (Lipinski definition) is 1. The van der Waals surface area contributed by atoms with Crippen LogP contribution < -0.4 is 5.32 Å². The van der Waals surface area contributed by atoms with Crippen LogP contribution in [0.15, 0.2) is 4.52 Å². The molecule has 0 spiro atoms. The molecule has 6 nitrogen and oxygen atoms in total. The molecule has 2 heterocycles. The topological polar surface area (TPSA) is 73.6 Å². The monoisotopic (exact) mass is 310 g/mol. The molecular formula is C16H26N2O4. The summed E-state index contributed by atoms with van der Waals surface area (Å²) in [5, 5.41) is 6.79. The fourth-order valence-corrected chi connectivity index (χ4v) is 2.62. The van der Waals surface area contributed by atoms with E-state index in [0.29, 0.717) is 13.2 Å². The molecule has 0 aliphatic carbocycles. The Kier molecular flexibility index (Phi) is 6.86. The molecule has 124 valence electrons. The fraction of sp³-hybridized carbons (Fsp3) is 0.750. The summed E-state index contributed by atoms with van der Waals surface area (Å²) in [5.41, 5.74) is 2.07. The Hall–Kier alpha value is -1.40. The van der Waals surface area contributed by atoms with Gasteiger partial charge in [-0.25, -0.2) is 0 Å². The van der Waals surface area contributed by atoms with Crippen LogP contribution in [0.5, 0.6) is 0 Å². The molecule has 1 saturated heterocycles. The summed E-state index contributed by atoms with van der Waals surface area (Å²) in [7, 11) is 0. The zero-order chi connectivity index (χ0) is 15.8. The minimum atomic E-state index is -0.0745. The number of nitrogens with zero attached hydrogens (tertiary/aromatic N) is 1. The number of nitrogens with one attached hydrogen (secondary N) is 1. The molecule has 1 aromatic rings. The van der Waals surface area contributed by atoms with E-state index < -0.39 is 0 Å². The first-order chi connectivity index (χ1) is 10.7. The minimum absolute atomic E-state index is 0.0745. The van der Waals surface area contributed by atoms with E-state index in [1.54, 1.807) is 0 Å². The van der Waals surface area contributed by atoms with Gasteiger partial charge < -0.3 is 19.3 Å². The van der Waals surface area contributed by atoms with Gasteiger partial charge in [-0.2, -0.15) is 0 Å². The van der Waals surface area contributed by atoms with Gasteiger partial charge in [-0.1, -0.05) is 5.16 Å². The van der Waals surface area contributed by atoms with Gasteiger partial charge in [0.15, 0.2) is 0 Å². The molecule has 22 heavy (non-hydrogen) atoms. The van der Waals surface area contributed by atoms with Crippen LogP contribution in [0.4, 0.5) is 0 Å². The van der Waals surface area contributed by atoms with Crippen molar-refractivity contribution in [2.45, 2.75) is 52.1 Å². The van der Waals surface area contributed by atoms with Gasteiger partial charge in [-0.3, -0.25) is 4.79 Å². The van der Waals surface area contributed by atoms with Gasteiger partial charge in [-0.15, -0.1) is 0 Å². The number of carbonyl (C=O) groups excluding carboxylic acids is 1. The second kappa shape index (κ2) is 8.90. The Bertz CT molecular complexity index is 447. The lowest BCUT2D eigenvalue weighted by atomic mass is 10.1. The number of aromatic nitrogens is 1. The van der Waals surface area contributed by atoms with Crippen molar-refractivity contribution in [2.75, 3.05) is 26.4 Å². The Morgan fingerprint density at radius 1 is 1.41 bits per heavy atom. The number of ether oxygens (including phenoxy) is 2. The zero-order valence-electron chi connectivity index (χ0n) is 13.5. The third kappa shape index (κ3) is 5.42. The summed E-state index contributed by atoms with van der Waals surface area (Å²) in [6, 6.07) is 0. The average molecular weight is 310 g/mol. The van der Waals surface area contributed by atoms with Crippen molar-refractivity contribution < 1.29 is 18.8 Å². The molecular weight excluding hydrogens is 284 g/mol. The molecule has 6 heteroatoms. The quantitative estimate of drug-likeness (QED) is 0.743. The highest BCUT2D eigenvalue weighted by atomic mass is 16.5. The standard InChI is InChI=1S/C16H26N2O4/c1-12-15(13(2)22-18-12)7-5-8-17-16(19)11-20-10-14-6-3-4-9-21-14/h14H,3-11H2,1-2H3,(H,17,19). The molecule has 1 N–H and O–H groups in total. The van der Waals surface area contributed by atoms with Crippen molar-refractivity contribution >= 4 is 5.91 Å². The summed E-state index contributed by atoms with van der Waals surface area (Å²) in [5.74, 6) is 0.786. The maximum Gasteiger partial charge on any atom is 0.245 e. The third-order valence-corrected chi connectivity index (χ3v) is 3.92. The molecule has 1 amide bonds. The van der Waals surface area contributed by atoms with E-state index in [4.69, 9.17) is 14.0 Å². The third-order valence-electron chi connectivity index (χ3n) is 3.92. The molecule has 0 radical (unpaired) electrons. The van der Waals surface area contributed by atoms with Gasteiger partial charge in [0, 0.05) is 18.7 Å². The van der Waals surface area contributed by atoms with E-state index in [2.05, 4.69) is 10.5 Å². The van der Waals surface area contributed by atoms with Crippen LogP contribution in [0.25, 0.3) is 0 Å². The highest BCUT2D eigenvalue weighted by Crippen LogP contribution is 2.14. The SMILES string of the molecule is Cc1noc(C)c1CCCNC(=O)COCC1CCCCO1. The van der Waals surface area contributed by atoms with Gasteiger partial charge in [0.2, 0.25) is 5.91 Å². The predicted molar refractivity (Wildman–Crippen MR) is 81.7 cm³/mol. The van der Waals surface area contributed by atoms with E-state index in [-0.39, 0.29) is 18.6 Å². The minimum Gasteiger partial charge on any atom is -0.376 e. The molecule has 1 aliphatic heterocycles. The summed E-state index contributed by atoms with van der Waals surface area (Å²) in [6.45, 7) is 5.90. The van der Waals surface area contributed by atoms with Crippen LogP contribution in [0.1, 0.15) is 42.7 Å². The van der Waals surface area contributed by atoms with E-state index in [0.717, 1.165) is 49.3 Å². The number of amides is 1. The molecule has 0 saturated carbocycles. The van der Waals surface area contributed by atoms with Gasteiger partial charge >= 0.3 is 0 Å². The first kappa shape index (κ1) is 17.0. The van der Waals surface area contributed by atoms with Crippen LogP contribution in [-0.4, -0.2) is 43.5 Å². The van der Waals surface area contributed by atoms with Gasteiger partial charge in [0.05, 0.1) is 18.4 Å². The van der Waals surface area contributed by atoms with E-state index in [9.17, 15) is 4.79 Å². The molecule has 0 bridgehead atoms. The van der Waals surface area contributed by atoms with Crippen molar-refractivity contribution in [3.63, 3.8) is 0 Å². The van der Waals surface area contributed by atoms with E-state index in [1.165, 1.54) is 6.42 Å². The van der Waals surface area contributed by atoms with Crippen LogP contribution in [-0.2, 0) is 20.7 Å². The first-order valence-electron chi connectivity index (χ1n) is 8.04. The van der Waals surface area contributed by atoms with Gasteiger partial charge in [-0.05, 0) is 46.0 Å². The second-order valence-electron chi connectivity index (χ2n) is 5.76. The highest BCUT2D eigenvalue weighted by Gasteiger charge is 2.14. The Balaban J connectivity index is 1.52. The Labute approximate surface area is 131 Å². The molecule has 1 unspecified atom stereocenters. The van der Waals surface area contributed by atoms with Crippen LogP contribution in [0.3, 0.4) is 0 Å². The van der Waals surface area contributed by atoms with Crippen LogP contribution in [0, 0.1) is 13.8 Å².